The number of aromatic amines is 1. The summed E-state index contributed by atoms with van der Waals surface area (Å²) in [6.07, 6.45) is 4.23. The molecule has 0 aliphatic heterocycles. The van der Waals surface area contributed by atoms with Gasteiger partial charge in [-0.15, -0.1) is 5.10 Å². The molecule has 3 aromatic heterocycles. The van der Waals surface area contributed by atoms with Gasteiger partial charge in [0.15, 0.2) is 0 Å². The Bertz CT molecular complexity index is 1020. The minimum absolute atomic E-state index is 0.316. The minimum Gasteiger partial charge on any atom is -0.349 e. The number of benzene rings is 1. The average Bonchev–Trinajstić information content (AvgIpc) is 3.40. The van der Waals surface area contributed by atoms with Gasteiger partial charge in [0, 0.05) is 24.8 Å². The molecule has 1 N–H and O–H groups in total. The number of nitrogens with one attached hydrogen (secondary N) is 1. The number of halogens is 3. The van der Waals surface area contributed by atoms with E-state index in [0.29, 0.717) is 17.9 Å². The van der Waals surface area contributed by atoms with Crippen molar-refractivity contribution in [2.24, 2.45) is 0 Å². The Labute approximate surface area is 158 Å². The number of hydrogen-bond acceptors (Lipinski definition) is 4. The molecule has 3 heterocycles. The first kappa shape index (κ1) is 19.3. The molecule has 0 spiro atoms. The van der Waals surface area contributed by atoms with Crippen molar-refractivity contribution in [3.05, 3.63) is 78.2 Å². The van der Waals surface area contributed by atoms with Crippen molar-refractivity contribution in [3.8, 4) is 5.69 Å². The highest BCUT2D eigenvalue weighted by molar-refractivity contribution is 5.36. The summed E-state index contributed by atoms with van der Waals surface area (Å²) < 4.78 is 41.4. The van der Waals surface area contributed by atoms with Crippen LogP contribution in [0.5, 0.6) is 0 Å². The Kier molecular flexibility index (Phi) is 5.57. The van der Waals surface area contributed by atoms with E-state index in [1.165, 1.54) is 10.7 Å². The molecule has 4 rings (SSSR count). The van der Waals surface area contributed by atoms with E-state index in [2.05, 4.69) is 25.3 Å². The van der Waals surface area contributed by atoms with E-state index in [0.717, 1.165) is 23.8 Å². The van der Waals surface area contributed by atoms with Crippen LogP contribution in [0.1, 0.15) is 22.9 Å². The zero-order valence-electron chi connectivity index (χ0n) is 15.2. The summed E-state index contributed by atoms with van der Waals surface area (Å²) in [5, 5.41) is 7.87. The number of imidazole rings is 2. The number of aryl methyl sites for hydroxylation is 2. The Hall–Kier alpha value is -3.43. The van der Waals surface area contributed by atoms with Crippen LogP contribution < -0.4 is 0 Å². The normalized spacial score (nSPS) is 11.2. The Balaban J connectivity index is 0.000000320. The number of aromatic nitrogens is 7. The first-order valence-electron chi connectivity index (χ1n) is 8.35. The summed E-state index contributed by atoms with van der Waals surface area (Å²) in [7, 11) is 0. The lowest BCUT2D eigenvalue weighted by molar-refractivity contribution is -0.137. The second-order valence-corrected chi connectivity index (χ2v) is 5.98. The highest BCUT2D eigenvalue weighted by atomic mass is 19.4. The predicted octanol–water partition coefficient (Wildman–Crippen LogP) is 3.56. The highest BCUT2D eigenvalue weighted by Crippen LogP contribution is 2.30. The summed E-state index contributed by atoms with van der Waals surface area (Å²) in [6.45, 7) is 4.24. The van der Waals surface area contributed by atoms with Crippen molar-refractivity contribution in [1.82, 2.24) is 34.5 Å². The fourth-order valence-electron chi connectivity index (χ4n) is 2.41. The molecular weight excluding hydrogens is 371 g/mol. The molecule has 4 aromatic rings. The number of nitrogens with zero attached hydrogens (tertiary/aromatic N) is 6. The minimum atomic E-state index is -4.38. The van der Waals surface area contributed by atoms with E-state index >= 15 is 0 Å². The molecule has 146 valence electrons. The van der Waals surface area contributed by atoms with Crippen molar-refractivity contribution < 1.29 is 13.2 Å². The lowest BCUT2D eigenvalue weighted by atomic mass is 10.2. The van der Waals surface area contributed by atoms with Crippen LogP contribution in [0.15, 0.2) is 55.2 Å². The first-order chi connectivity index (χ1) is 13.3. The molecule has 0 unspecified atom stereocenters. The van der Waals surface area contributed by atoms with Crippen molar-refractivity contribution >= 4 is 0 Å². The van der Waals surface area contributed by atoms with Crippen LogP contribution in [0, 0.1) is 13.8 Å². The first-order valence-corrected chi connectivity index (χ1v) is 8.35. The summed E-state index contributed by atoms with van der Waals surface area (Å²) >= 11 is 0. The smallest absolute Gasteiger partial charge is 0.349 e. The molecule has 0 saturated heterocycles. The number of alkyl halides is 3. The van der Waals surface area contributed by atoms with Gasteiger partial charge in [0.25, 0.3) is 0 Å². The second kappa shape index (κ2) is 8.07. The molecule has 7 nitrogen and oxygen atoms in total. The van der Waals surface area contributed by atoms with E-state index in [1.54, 1.807) is 37.1 Å². The molecule has 0 radical (unpaired) electrons. The van der Waals surface area contributed by atoms with Gasteiger partial charge in [-0.25, -0.2) is 14.6 Å². The molecule has 1 aromatic carbocycles. The Morgan fingerprint density at radius 1 is 1.11 bits per heavy atom. The van der Waals surface area contributed by atoms with Gasteiger partial charge >= 0.3 is 6.18 Å². The average molecular weight is 389 g/mol. The van der Waals surface area contributed by atoms with E-state index in [-0.39, 0.29) is 0 Å². The summed E-state index contributed by atoms with van der Waals surface area (Å²) in [5.41, 5.74) is 0.238. The molecule has 0 aliphatic rings. The van der Waals surface area contributed by atoms with Crippen LogP contribution >= 0.6 is 0 Å². The molecule has 0 atom stereocenters. The van der Waals surface area contributed by atoms with Crippen molar-refractivity contribution in [1.29, 1.82) is 0 Å². The lowest BCUT2D eigenvalue weighted by Crippen LogP contribution is -2.06. The van der Waals surface area contributed by atoms with Crippen molar-refractivity contribution in [2.45, 2.75) is 26.6 Å². The largest absolute Gasteiger partial charge is 0.416 e. The number of hydrogen-bond donors (Lipinski definition) is 1. The second-order valence-electron chi connectivity index (χ2n) is 5.98. The quantitative estimate of drug-likeness (QED) is 0.581. The molecule has 28 heavy (non-hydrogen) atoms. The van der Waals surface area contributed by atoms with Gasteiger partial charge in [-0.3, -0.25) is 0 Å². The van der Waals surface area contributed by atoms with Crippen LogP contribution in [0.4, 0.5) is 13.2 Å². The van der Waals surface area contributed by atoms with E-state index < -0.39 is 11.7 Å². The maximum Gasteiger partial charge on any atom is 0.416 e. The van der Waals surface area contributed by atoms with Crippen LogP contribution in [0.2, 0.25) is 0 Å². The molecule has 0 aliphatic carbocycles. The van der Waals surface area contributed by atoms with Gasteiger partial charge < -0.3 is 9.55 Å². The number of H-pyrrole nitrogens is 1. The van der Waals surface area contributed by atoms with E-state index in [4.69, 9.17) is 0 Å². The lowest BCUT2D eigenvalue weighted by Gasteiger charge is -2.08. The highest BCUT2D eigenvalue weighted by Gasteiger charge is 2.30. The molecule has 0 saturated carbocycles. The summed E-state index contributed by atoms with van der Waals surface area (Å²) in [6, 6.07) is 4.97. The topological polar surface area (TPSA) is 77.2 Å². The molecule has 0 amide bonds. The van der Waals surface area contributed by atoms with Crippen LogP contribution in [0.3, 0.4) is 0 Å². The van der Waals surface area contributed by atoms with Gasteiger partial charge in [-0.1, -0.05) is 11.3 Å². The third kappa shape index (κ3) is 4.84. The van der Waals surface area contributed by atoms with Gasteiger partial charge in [-0.2, -0.15) is 13.2 Å². The van der Waals surface area contributed by atoms with Crippen molar-refractivity contribution in [3.63, 3.8) is 0 Å². The molecule has 0 fully saturated rings. The fourth-order valence-corrected chi connectivity index (χ4v) is 2.41. The van der Waals surface area contributed by atoms with Gasteiger partial charge in [0.1, 0.15) is 17.3 Å². The van der Waals surface area contributed by atoms with Crippen LogP contribution in [-0.2, 0) is 12.7 Å². The van der Waals surface area contributed by atoms with E-state index in [9.17, 15) is 13.2 Å². The zero-order valence-corrected chi connectivity index (χ0v) is 15.2. The molecular formula is C18H18F3N7. The third-order valence-electron chi connectivity index (χ3n) is 3.87. The van der Waals surface area contributed by atoms with Gasteiger partial charge in [0.05, 0.1) is 24.0 Å². The standard InChI is InChI=1S/C14H12F3N5.C4H6N2/c1-10-18-5-6-21(10)8-12-9-22(20-19-12)13-4-2-3-11(7-13)14(15,16)17;1-4-5-2-3-6-4/h2-7,9H,8H2,1H3;2-3H,1H3,(H,5,6). The predicted molar refractivity (Wildman–Crippen MR) is 95.8 cm³/mol. The molecule has 10 heteroatoms. The number of rotatable bonds is 3. The fraction of sp³-hybridized carbons (Fsp3) is 0.222. The van der Waals surface area contributed by atoms with Crippen LogP contribution in [-0.4, -0.2) is 34.5 Å². The Morgan fingerprint density at radius 3 is 2.50 bits per heavy atom. The maximum absolute atomic E-state index is 12.7. The van der Waals surface area contributed by atoms with Crippen LogP contribution in [0.25, 0.3) is 5.69 Å². The third-order valence-corrected chi connectivity index (χ3v) is 3.87. The van der Waals surface area contributed by atoms with Crippen molar-refractivity contribution in [2.75, 3.05) is 0 Å². The van der Waals surface area contributed by atoms with E-state index in [1.807, 2.05) is 18.4 Å². The van der Waals surface area contributed by atoms with Gasteiger partial charge in [-0.05, 0) is 32.0 Å². The molecule has 0 bridgehead atoms. The van der Waals surface area contributed by atoms with Gasteiger partial charge in [0.2, 0.25) is 0 Å². The monoisotopic (exact) mass is 389 g/mol. The maximum atomic E-state index is 12.7. The zero-order chi connectivity index (χ0) is 20.1. The Morgan fingerprint density at radius 2 is 1.93 bits per heavy atom. The summed E-state index contributed by atoms with van der Waals surface area (Å²) in [4.78, 5) is 10.8. The summed E-state index contributed by atoms with van der Waals surface area (Å²) in [5.74, 6) is 1.80. The SMILES string of the molecule is Cc1ncc[nH]1.Cc1nccn1Cc1cn(-c2cccc(C(F)(F)F)c2)nn1.